The molecule has 0 aliphatic heterocycles. The molecule has 0 atom stereocenters. The predicted molar refractivity (Wildman–Crippen MR) is 4.41 cm³/mol. The summed E-state index contributed by atoms with van der Waals surface area (Å²) in [6.45, 7) is 0. The summed E-state index contributed by atoms with van der Waals surface area (Å²) in [7, 11) is 0. The zero-order valence-corrected chi connectivity index (χ0v) is 3.96. The van der Waals surface area contributed by atoms with Gasteiger partial charge in [0.25, 0.3) is 0 Å². The molecule has 0 saturated heterocycles. The minimum absolute atomic E-state index is 0.450. The molecule has 0 aromatic rings. The van der Waals surface area contributed by atoms with Crippen molar-refractivity contribution in [2.24, 2.45) is 0 Å². The van der Waals surface area contributed by atoms with E-state index in [1.807, 2.05) is 0 Å². The van der Waals surface area contributed by atoms with Gasteiger partial charge in [0, 0.05) is 5.15 Å². The van der Waals surface area contributed by atoms with Gasteiger partial charge < -0.3 is 0 Å². The molecular formula is F3MoO. The molecule has 0 aliphatic carbocycles. The first kappa shape index (κ1) is 9.06. The van der Waals surface area contributed by atoms with Crippen molar-refractivity contribution in [2.75, 3.05) is 0 Å². The SMILES string of the molecule is FOF.[F][Mo]. The van der Waals surface area contributed by atoms with Gasteiger partial charge >= 0.3 is 23.5 Å². The van der Waals surface area contributed by atoms with E-state index in [4.69, 9.17) is 9.05 Å². The normalized spacial score (nSPS) is 4.60. The van der Waals surface area contributed by atoms with E-state index >= 15 is 0 Å². The monoisotopic (exact) mass is 171 g/mol. The molecule has 0 aliphatic rings. The summed E-state index contributed by atoms with van der Waals surface area (Å²) >= 11 is 0.450. The molecule has 0 bridgehead atoms. The summed E-state index contributed by atoms with van der Waals surface area (Å²) in [5.41, 5.74) is 0. The average Bonchev–Trinajstić information content (AvgIpc) is 1.46. The molecule has 0 radical (unpaired) electrons. The van der Waals surface area contributed by atoms with Crippen molar-refractivity contribution in [2.45, 2.75) is 0 Å². The van der Waals surface area contributed by atoms with Crippen LogP contribution in [0.3, 0.4) is 0 Å². The van der Waals surface area contributed by atoms with Crippen LogP contribution in [-0.4, -0.2) is 0 Å². The van der Waals surface area contributed by atoms with Crippen molar-refractivity contribution < 1.29 is 37.7 Å². The quantitative estimate of drug-likeness (QED) is 0.495. The summed E-state index contributed by atoms with van der Waals surface area (Å²) in [4.78, 5) is 0. The van der Waals surface area contributed by atoms with E-state index in [9.17, 15) is 3.16 Å². The minimum atomic E-state index is 0.450. The zero-order chi connectivity index (χ0) is 4.71. The molecule has 0 aromatic carbocycles. The first-order valence-corrected chi connectivity index (χ1v) is 1.22. The summed E-state index contributed by atoms with van der Waals surface area (Å²) < 4.78 is 27.8. The summed E-state index contributed by atoms with van der Waals surface area (Å²) in [6.07, 6.45) is 0. The maximum atomic E-state index is 9.51. The van der Waals surface area contributed by atoms with Gasteiger partial charge in [0.1, 0.15) is 0 Å². The van der Waals surface area contributed by atoms with Gasteiger partial charge in [0.15, 0.2) is 0 Å². The maximum absolute atomic E-state index is 9.51. The first-order chi connectivity index (χ1) is 2.41. The molecule has 0 rings (SSSR count). The Bertz CT molecular complexity index is 6.85. The van der Waals surface area contributed by atoms with E-state index in [1.54, 1.807) is 0 Å². The molecule has 0 saturated carbocycles. The second-order valence-electron chi connectivity index (χ2n) is 0.0583. The van der Waals surface area contributed by atoms with Gasteiger partial charge in [0.2, 0.25) is 0 Å². The van der Waals surface area contributed by atoms with Crippen LogP contribution in [0.25, 0.3) is 0 Å². The molecule has 33 valence electrons. The summed E-state index contributed by atoms with van der Waals surface area (Å²) in [5, 5.41) is 1.25. The van der Waals surface area contributed by atoms with Gasteiger partial charge in [-0.25, -0.2) is 0 Å². The molecule has 0 aromatic heterocycles. The molecule has 0 N–H and O–H groups in total. The van der Waals surface area contributed by atoms with Crippen LogP contribution >= 0.6 is 0 Å². The fourth-order valence-electron chi connectivity index (χ4n) is 0. The van der Waals surface area contributed by atoms with Gasteiger partial charge in [-0.15, -0.1) is 0 Å². The van der Waals surface area contributed by atoms with Crippen LogP contribution in [0.15, 0.2) is 0 Å². The Balaban J connectivity index is 0. The Labute approximate surface area is 38.5 Å². The molecule has 0 spiro atoms. The Morgan fingerprint density at radius 1 is 1.20 bits per heavy atom. The van der Waals surface area contributed by atoms with E-state index in [0.29, 0.717) is 20.3 Å². The van der Waals surface area contributed by atoms with Gasteiger partial charge in [-0.1, -0.05) is 0 Å². The number of hydrogen-bond acceptors (Lipinski definition) is 1. The standard InChI is InChI=1S/F2O.FH.Mo/c1-3-2;;/h;1H;/q;;+1/p-1. The Kier molecular flexibility index (Phi) is 46.0. The van der Waals surface area contributed by atoms with E-state index in [-0.39, 0.29) is 0 Å². The van der Waals surface area contributed by atoms with Gasteiger partial charge in [0.05, 0.1) is 0 Å². The second-order valence-corrected chi connectivity index (χ2v) is 0.0583. The van der Waals surface area contributed by atoms with Gasteiger partial charge in [-0.05, 0) is 9.05 Å². The van der Waals surface area contributed by atoms with Crippen molar-refractivity contribution in [3.05, 3.63) is 0 Å². The predicted octanol–water partition coefficient (Wildman–Crippen LogP) is 1.19. The van der Waals surface area contributed by atoms with Crippen LogP contribution in [-0.2, 0) is 25.5 Å². The number of halogens is 3. The Morgan fingerprint density at radius 3 is 1.20 bits per heavy atom. The van der Waals surface area contributed by atoms with Crippen LogP contribution < -0.4 is 0 Å². The Morgan fingerprint density at radius 2 is 1.20 bits per heavy atom. The van der Waals surface area contributed by atoms with Crippen molar-refractivity contribution in [3.8, 4) is 0 Å². The second kappa shape index (κ2) is 25.4. The molecule has 0 amide bonds. The third-order valence-electron chi connectivity index (χ3n) is 0. The Hall–Kier alpha value is 0.438. The molecule has 1 nitrogen and oxygen atoms in total. The van der Waals surface area contributed by atoms with E-state index in [1.165, 1.54) is 5.15 Å². The van der Waals surface area contributed by atoms with Crippen molar-refractivity contribution in [1.82, 2.24) is 0 Å². The fourth-order valence-corrected chi connectivity index (χ4v) is 0. The number of rotatable bonds is 0. The summed E-state index contributed by atoms with van der Waals surface area (Å²) in [6, 6.07) is 0. The van der Waals surface area contributed by atoms with Crippen molar-refractivity contribution in [3.63, 3.8) is 0 Å². The van der Waals surface area contributed by atoms with Crippen LogP contribution in [0.5, 0.6) is 0 Å². The van der Waals surface area contributed by atoms with Gasteiger partial charge in [-0.2, -0.15) is 0 Å². The molecule has 5 heavy (non-hydrogen) atoms. The topological polar surface area (TPSA) is 9.23 Å². The molecule has 0 heterocycles. The zero-order valence-electron chi connectivity index (χ0n) is 1.95. The van der Waals surface area contributed by atoms with Crippen LogP contribution in [0.1, 0.15) is 0 Å². The number of hydrogen-bond donors (Lipinski definition) is 0. The summed E-state index contributed by atoms with van der Waals surface area (Å²) in [5.74, 6) is 0. The van der Waals surface area contributed by atoms with Crippen molar-refractivity contribution >= 4 is 0 Å². The third-order valence-corrected chi connectivity index (χ3v) is 0. The van der Waals surface area contributed by atoms with E-state index in [0.717, 1.165) is 0 Å². The van der Waals surface area contributed by atoms with Crippen LogP contribution in [0.4, 0.5) is 12.2 Å². The van der Waals surface area contributed by atoms with Crippen molar-refractivity contribution in [1.29, 1.82) is 0 Å². The molecular weight excluding hydrogens is 169 g/mol. The van der Waals surface area contributed by atoms with Crippen LogP contribution in [0.2, 0.25) is 0 Å². The molecule has 0 unspecified atom stereocenters. The van der Waals surface area contributed by atoms with E-state index < -0.39 is 0 Å². The average molecular weight is 169 g/mol. The van der Waals surface area contributed by atoms with Gasteiger partial charge in [-0.3, -0.25) is 0 Å². The molecule has 5 heteroatoms. The first-order valence-electron chi connectivity index (χ1n) is 0.463. The van der Waals surface area contributed by atoms with Crippen LogP contribution in [0, 0.1) is 0 Å². The fraction of sp³-hybridized carbons (Fsp3) is 0. The van der Waals surface area contributed by atoms with E-state index in [2.05, 4.69) is 0 Å². The third kappa shape index (κ3) is 137. The molecule has 0 fully saturated rings.